The van der Waals surface area contributed by atoms with E-state index >= 15 is 4.39 Å². The van der Waals surface area contributed by atoms with E-state index in [0.29, 0.717) is 5.56 Å². The summed E-state index contributed by atoms with van der Waals surface area (Å²) >= 11 is 5.65. The number of piperidine rings is 1. The van der Waals surface area contributed by atoms with Crippen molar-refractivity contribution in [3.05, 3.63) is 58.4 Å². The predicted octanol–water partition coefficient (Wildman–Crippen LogP) is 4.54. The van der Waals surface area contributed by atoms with E-state index in [1.165, 1.54) is 12.4 Å². The molecule has 1 aromatic heterocycles. The van der Waals surface area contributed by atoms with Crippen LogP contribution in [0.15, 0.2) is 30.6 Å². The molecular weight excluding hydrogens is 372 g/mol. The van der Waals surface area contributed by atoms with Gasteiger partial charge in [0.2, 0.25) is 0 Å². The Balaban J connectivity index is 2.08. The number of halogens is 3. The third-order valence-corrected chi connectivity index (χ3v) is 3.92. The van der Waals surface area contributed by atoms with Crippen LogP contribution in [0.5, 0.6) is 0 Å². The summed E-state index contributed by atoms with van der Waals surface area (Å²) in [6.45, 7) is -5.97. The summed E-state index contributed by atoms with van der Waals surface area (Å²) in [5.74, 6) is -2.96. The summed E-state index contributed by atoms with van der Waals surface area (Å²) in [5.41, 5.74) is -3.98. The van der Waals surface area contributed by atoms with Crippen LogP contribution in [-0.4, -0.2) is 39.4 Å². The van der Waals surface area contributed by atoms with Crippen LogP contribution in [0, 0.1) is 12.7 Å². The smallest absolute Gasteiger partial charge is 0.253 e. The summed E-state index contributed by atoms with van der Waals surface area (Å²) < 4.78 is 113. The molecule has 1 saturated heterocycles. The molecule has 27 heavy (non-hydrogen) atoms. The highest BCUT2D eigenvalue weighted by atomic mass is 35.5. The van der Waals surface area contributed by atoms with E-state index in [2.05, 4.69) is 9.97 Å². The van der Waals surface area contributed by atoms with E-state index in [-0.39, 0.29) is 4.90 Å². The average Bonchev–Trinajstić information content (AvgIpc) is 2.78. The molecule has 0 spiro atoms. The van der Waals surface area contributed by atoms with Crippen molar-refractivity contribution in [2.75, 3.05) is 13.0 Å². The highest BCUT2D eigenvalue weighted by molar-refractivity contribution is 6.31. The molecule has 2 aromatic rings. The molecule has 1 amide bonds. The summed E-state index contributed by atoms with van der Waals surface area (Å²) in [6.07, 6.45) is -10.0. The topological polar surface area (TPSA) is 46.1 Å². The van der Waals surface area contributed by atoms with Gasteiger partial charge in [0.05, 0.1) is 5.02 Å². The van der Waals surface area contributed by atoms with Gasteiger partial charge in [-0.05, 0) is 56.3 Å². The minimum absolute atomic E-state index is 0.390. The third kappa shape index (κ3) is 5.01. The number of alkyl halides is 1. The van der Waals surface area contributed by atoms with Crippen molar-refractivity contribution in [3.8, 4) is 0 Å². The highest BCUT2D eigenvalue weighted by Crippen LogP contribution is 2.32. The van der Waals surface area contributed by atoms with Crippen LogP contribution in [-0.2, 0) is 6.37 Å². The molecule has 0 saturated carbocycles. The van der Waals surface area contributed by atoms with Gasteiger partial charge in [0, 0.05) is 51.0 Å². The lowest BCUT2D eigenvalue weighted by Gasteiger charge is -2.36. The molecule has 3 rings (SSSR count). The Morgan fingerprint density at radius 3 is 2.67 bits per heavy atom. The van der Waals surface area contributed by atoms with Crippen molar-refractivity contribution in [2.24, 2.45) is 0 Å². The Kier molecular flexibility index (Phi) is 3.21. The van der Waals surface area contributed by atoms with Crippen molar-refractivity contribution in [3.63, 3.8) is 0 Å². The van der Waals surface area contributed by atoms with E-state index in [0.717, 1.165) is 18.2 Å². The number of hydrogen-bond acceptors (Lipinski definition) is 3. The zero-order valence-electron chi connectivity index (χ0n) is 24.2. The normalized spacial score (nSPS) is 29.9. The lowest BCUT2D eigenvalue weighted by molar-refractivity contribution is 0.0389. The fourth-order valence-corrected chi connectivity index (χ4v) is 2.34. The predicted molar refractivity (Wildman–Crippen MR) is 100 cm³/mol. The number of likely N-dealkylation sites (tertiary alicyclic amines) is 1. The van der Waals surface area contributed by atoms with Gasteiger partial charge in [-0.3, -0.25) is 4.79 Å². The second-order valence-electron chi connectivity index (χ2n) is 5.81. The van der Waals surface area contributed by atoms with Crippen molar-refractivity contribution < 1.29 is 27.3 Å². The summed E-state index contributed by atoms with van der Waals surface area (Å²) in [4.78, 5) is 20.4. The van der Waals surface area contributed by atoms with Crippen LogP contribution >= 0.6 is 11.6 Å². The van der Waals surface area contributed by atoms with Gasteiger partial charge < -0.3 is 4.90 Å². The van der Waals surface area contributed by atoms with Crippen LogP contribution in [0.2, 0.25) is 5.02 Å². The van der Waals surface area contributed by atoms with Gasteiger partial charge in [-0.15, -0.1) is 0 Å². The maximum atomic E-state index is 16.5. The molecule has 1 aliphatic heterocycles. The Morgan fingerprint density at radius 1 is 1.37 bits per heavy atom. The van der Waals surface area contributed by atoms with E-state index in [1.807, 2.05) is 0 Å². The van der Waals surface area contributed by atoms with Crippen molar-refractivity contribution in [1.29, 1.82) is 0 Å². The van der Waals surface area contributed by atoms with Gasteiger partial charge >= 0.3 is 0 Å². The lowest BCUT2D eigenvalue weighted by atomic mass is 9.88. The third-order valence-electron chi connectivity index (χ3n) is 3.63. The molecule has 1 aliphatic rings. The molecular formula is C20H22ClF2N3O. The van der Waals surface area contributed by atoms with E-state index in [1.54, 1.807) is 6.92 Å². The summed E-state index contributed by atoms with van der Waals surface area (Å²) in [5, 5.41) is -0.588. The van der Waals surface area contributed by atoms with Gasteiger partial charge in [0.25, 0.3) is 5.91 Å². The average molecular weight is 404 g/mol. The van der Waals surface area contributed by atoms with Gasteiger partial charge in [0.1, 0.15) is 17.3 Å². The molecule has 0 bridgehead atoms. The molecule has 0 radical (unpaired) electrons. The number of carbonyl (C=O) groups is 1. The number of carbonyl (C=O) groups excluding carboxylic acids is 1. The van der Waals surface area contributed by atoms with Gasteiger partial charge in [-0.1, -0.05) is 11.6 Å². The van der Waals surface area contributed by atoms with Crippen LogP contribution in [0.1, 0.15) is 61.0 Å². The molecule has 2 heterocycles. The number of rotatable bonds is 5. The quantitative estimate of drug-likeness (QED) is 0.736. The number of aromatic nitrogens is 2. The number of aryl methyl sites for hydroxylation is 2. The first-order valence-corrected chi connectivity index (χ1v) is 8.31. The Bertz CT molecular complexity index is 1190. The maximum absolute atomic E-state index is 16.5. The largest absolute Gasteiger partial charge is 0.338 e. The number of benzene rings is 1. The lowest BCUT2D eigenvalue weighted by Crippen LogP contribution is -2.44. The molecule has 0 aliphatic carbocycles. The number of hydrogen-bond donors (Lipinski definition) is 0. The van der Waals surface area contributed by atoms with Crippen molar-refractivity contribution in [2.45, 2.75) is 44.6 Å². The van der Waals surface area contributed by atoms with Crippen molar-refractivity contribution >= 4 is 17.5 Å². The molecule has 7 heteroatoms. The van der Waals surface area contributed by atoms with E-state index in [9.17, 15) is 9.18 Å². The molecule has 1 aromatic carbocycles. The van der Waals surface area contributed by atoms with E-state index < -0.39 is 78.8 Å². The standard InChI is InChI=1S/C20H22ClF2N3O/c1-14-12-24-18(25-13-14)3-2-6-20(23)7-9-26(10-8-20)19(27)15-4-5-17(22)16(21)11-15/h4-5,11-13H,2-3,6-10H2,1H3/i3D2,7D2,8D2,9D2,10D2. The van der Waals surface area contributed by atoms with E-state index in [4.69, 9.17) is 25.3 Å². The SMILES string of the molecule is [2H]C([2H])(CCC1(F)C([2H])([2H])C([2H])([2H])N(C(=O)c2ccc(F)c(Cl)c2)C([2H])([2H])C1([2H])[2H])c1ncc(C)cn1. The van der Waals surface area contributed by atoms with Gasteiger partial charge in [-0.25, -0.2) is 18.7 Å². The Hall–Kier alpha value is -2.08. The maximum Gasteiger partial charge on any atom is 0.253 e. The fraction of sp³-hybridized carbons (Fsp3) is 0.450. The monoisotopic (exact) mass is 403 g/mol. The molecule has 0 N–H and O–H groups in total. The minimum atomic E-state index is -3.98. The van der Waals surface area contributed by atoms with Crippen LogP contribution in [0.25, 0.3) is 0 Å². The first-order chi connectivity index (χ1) is 16.6. The molecule has 4 nitrogen and oxygen atoms in total. The van der Waals surface area contributed by atoms with Crippen LogP contribution in [0.4, 0.5) is 8.78 Å². The molecule has 1 fully saturated rings. The Labute approximate surface area is 176 Å². The second-order valence-corrected chi connectivity index (χ2v) is 6.21. The van der Waals surface area contributed by atoms with Crippen LogP contribution < -0.4 is 0 Å². The first kappa shape index (κ1) is 10.5. The number of amides is 1. The first-order valence-electron chi connectivity index (χ1n) is 12.9. The molecule has 0 unspecified atom stereocenters. The summed E-state index contributed by atoms with van der Waals surface area (Å²) in [6, 6.07) is 2.26. The fourth-order valence-electron chi connectivity index (χ4n) is 2.16. The zero-order valence-corrected chi connectivity index (χ0v) is 14.9. The molecule has 0 atom stereocenters. The summed E-state index contributed by atoms with van der Waals surface area (Å²) in [7, 11) is 0. The molecule has 144 valence electrons. The minimum Gasteiger partial charge on any atom is -0.338 e. The number of nitrogens with zero attached hydrogens (tertiary/aromatic N) is 3. The van der Waals surface area contributed by atoms with Gasteiger partial charge in [-0.2, -0.15) is 0 Å². The van der Waals surface area contributed by atoms with Crippen molar-refractivity contribution in [1.82, 2.24) is 14.9 Å². The highest BCUT2D eigenvalue weighted by Gasteiger charge is 2.35. The second kappa shape index (κ2) is 8.30. The van der Waals surface area contributed by atoms with Crippen LogP contribution in [0.3, 0.4) is 0 Å². The zero-order chi connectivity index (χ0) is 28.4. The Morgan fingerprint density at radius 2 is 2.04 bits per heavy atom. The van der Waals surface area contributed by atoms with Gasteiger partial charge in [0.15, 0.2) is 0 Å².